The summed E-state index contributed by atoms with van der Waals surface area (Å²) in [4.78, 5) is 8.17. The Balaban J connectivity index is 1.78. The number of benzene rings is 1. The summed E-state index contributed by atoms with van der Waals surface area (Å²) in [5.74, 6) is 1.71. The van der Waals surface area contributed by atoms with E-state index in [0.717, 1.165) is 35.5 Å². The zero-order valence-corrected chi connectivity index (χ0v) is 12.8. The van der Waals surface area contributed by atoms with Crippen molar-refractivity contribution in [3.8, 4) is 11.3 Å². The highest BCUT2D eigenvalue weighted by Gasteiger charge is 2.22. The zero-order chi connectivity index (χ0) is 13.4. The summed E-state index contributed by atoms with van der Waals surface area (Å²) in [6.45, 7) is 6.26. The first-order chi connectivity index (χ1) is 9.13. The van der Waals surface area contributed by atoms with Gasteiger partial charge in [-0.1, -0.05) is 35.8 Å². The smallest absolute Gasteiger partial charge is 0.121 e. The fraction of sp³-hybridized carbons (Fsp3) is 0.400. The van der Waals surface area contributed by atoms with E-state index in [1.54, 1.807) is 0 Å². The van der Waals surface area contributed by atoms with Gasteiger partial charge in [-0.3, -0.25) is 0 Å². The molecule has 1 aromatic heterocycles. The normalized spacial score (nSPS) is 12.8. The molecule has 3 nitrogen and oxygen atoms in total. The van der Waals surface area contributed by atoms with Gasteiger partial charge in [0.2, 0.25) is 0 Å². The first kappa shape index (κ1) is 12.9. The first-order valence-corrected chi connectivity index (χ1v) is 7.50. The lowest BCUT2D eigenvalue weighted by Gasteiger charge is -2.05. The predicted molar refractivity (Wildman–Crippen MR) is 81.1 cm³/mol. The van der Waals surface area contributed by atoms with Gasteiger partial charge in [0.15, 0.2) is 0 Å². The maximum Gasteiger partial charge on any atom is 0.121 e. The highest BCUT2D eigenvalue weighted by Crippen LogP contribution is 2.36. The van der Waals surface area contributed by atoms with Crippen LogP contribution in [0.5, 0.6) is 0 Å². The molecule has 4 heteroatoms. The lowest BCUT2D eigenvalue weighted by atomic mass is 10.1. The van der Waals surface area contributed by atoms with Gasteiger partial charge in [-0.25, -0.2) is 4.98 Å². The Morgan fingerprint density at radius 2 is 2.26 bits per heavy atom. The van der Waals surface area contributed by atoms with Crippen molar-refractivity contribution < 1.29 is 0 Å². The molecule has 0 saturated heterocycles. The molecule has 0 atom stereocenters. The molecule has 100 valence electrons. The molecule has 2 N–H and O–H groups in total. The summed E-state index contributed by atoms with van der Waals surface area (Å²) in [6, 6.07) is 6.41. The summed E-state index contributed by atoms with van der Waals surface area (Å²) in [7, 11) is 0. The van der Waals surface area contributed by atoms with Crippen LogP contribution in [0.15, 0.2) is 22.7 Å². The maximum atomic E-state index is 4.73. The largest absolute Gasteiger partial charge is 0.344 e. The molecular weight excluding hydrogens is 302 g/mol. The molecule has 1 aromatic carbocycles. The molecule has 0 amide bonds. The minimum atomic E-state index is 0.667. The molecule has 1 aliphatic rings. The standard InChI is InChI=1S/C15H18BrN3/c1-9(2)7-17-8-14-18-13-6-10-5-11(16)3-4-12(10)15(13)19-14/h3-5,9,17H,6-8H2,1-2H3,(H,18,19). The molecule has 2 aromatic rings. The molecule has 3 rings (SSSR count). The SMILES string of the molecule is CC(C)CNCc1nc2c([nH]1)Cc1cc(Br)ccc1-2. The van der Waals surface area contributed by atoms with Crippen LogP contribution < -0.4 is 5.32 Å². The van der Waals surface area contributed by atoms with E-state index in [1.165, 1.54) is 16.8 Å². The molecule has 19 heavy (non-hydrogen) atoms. The molecule has 0 bridgehead atoms. The molecule has 0 saturated carbocycles. The van der Waals surface area contributed by atoms with Crippen LogP contribution in [0.25, 0.3) is 11.3 Å². The molecule has 0 unspecified atom stereocenters. The van der Waals surface area contributed by atoms with Crippen LogP contribution in [0, 0.1) is 5.92 Å². The molecule has 0 spiro atoms. The number of fused-ring (bicyclic) bond motifs is 3. The van der Waals surface area contributed by atoms with E-state index in [2.05, 4.69) is 58.3 Å². The average molecular weight is 320 g/mol. The summed E-state index contributed by atoms with van der Waals surface area (Å²) in [5, 5.41) is 3.42. The average Bonchev–Trinajstić information content (AvgIpc) is 2.84. The van der Waals surface area contributed by atoms with Gasteiger partial charge in [0.1, 0.15) is 5.82 Å². The van der Waals surface area contributed by atoms with Crippen LogP contribution in [-0.4, -0.2) is 16.5 Å². The van der Waals surface area contributed by atoms with E-state index in [9.17, 15) is 0 Å². The maximum absolute atomic E-state index is 4.73. The molecule has 0 fully saturated rings. The van der Waals surface area contributed by atoms with Gasteiger partial charge < -0.3 is 10.3 Å². The number of nitrogens with zero attached hydrogens (tertiary/aromatic N) is 1. The number of halogens is 1. The van der Waals surface area contributed by atoms with Crippen LogP contribution in [0.2, 0.25) is 0 Å². The highest BCUT2D eigenvalue weighted by molar-refractivity contribution is 9.10. The monoisotopic (exact) mass is 319 g/mol. The van der Waals surface area contributed by atoms with Gasteiger partial charge >= 0.3 is 0 Å². The van der Waals surface area contributed by atoms with E-state index in [-0.39, 0.29) is 0 Å². The molecule has 1 aliphatic carbocycles. The number of aromatic amines is 1. The second-order valence-electron chi connectivity index (χ2n) is 5.51. The summed E-state index contributed by atoms with van der Waals surface area (Å²) in [6.07, 6.45) is 0.960. The Morgan fingerprint density at radius 1 is 1.42 bits per heavy atom. The Labute approximate surface area is 122 Å². The highest BCUT2D eigenvalue weighted by atomic mass is 79.9. The minimum absolute atomic E-state index is 0.667. The molecular formula is C15H18BrN3. The van der Waals surface area contributed by atoms with Gasteiger partial charge in [-0.05, 0) is 30.2 Å². The van der Waals surface area contributed by atoms with Gasteiger partial charge in [-0.15, -0.1) is 0 Å². The quantitative estimate of drug-likeness (QED) is 0.772. The number of hydrogen-bond acceptors (Lipinski definition) is 2. The van der Waals surface area contributed by atoms with Crippen molar-refractivity contribution in [1.82, 2.24) is 15.3 Å². The first-order valence-electron chi connectivity index (χ1n) is 6.70. The van der Waals surface area contributed by atoms with Crippen LogP contribution in [-0.2, 0) is 13.0 Å². The van der Waals surface area contributed by atoms with Crippen molar-refractivity contribution >= 4 is 15.9 Å². The number of rotatable bonds is 4. The van der Waals surface area contributed by atoms with Crippen molar-refractivity contribution in [2.24, 2.45) is 5.92 Å². The predicted octanol–water partition coefficient (Wildman–Crippen LogP) is 3.49. The van der Waals surface area contributed by atoms with E-state index >= 15 is 0 Å². The van der Waals surface area contributed by atoms with Gasteiger partial charge in [0.25, 0.3) is 0 Å². The summed E-state index contributed by atoms with van der Waals surface area (Å²) >= 11 is 3.52. The van der Waals surface area contributed by atoms with Crippen LogP contribution in [0.1, 0.15) is 30.9 Å². The number of aromatic nitrogens is 2. The summed E-state index contributed by atoms with van der Waals surface area (Å²) < 4.78 is 1.13. The second-order valence-corrected chi connectivity index (χ2v) is 6.43. The van der Waals surface area contributed by atoms with Crippen molar-refractivity contribution in [2.45, 2.75) is 26.8 Å². The van der Waals surface area contributed by atoms with Crippen molar-refractivity contribution in [1.29, 1.82) is 0 Å². The van der Waals surface area contributed by atoms with Gasteiger partial charge in [0, 0.05) is 22.2 Å². The third-order valence-corrected chi connectivity index (χ3v) is 3.86. The number of imidazole rings is 1. The Bertz CT molecular complexity index is 601. The van der Waals surface area contributed by atoms with E-state index in [0.29, 0.717) is 5.92 Å². The molecule has 0 aliphatic heterocycles. The molecule has 1 heterocycles. The van der Waals surface area contributed by atoms with Crippen LogP contribution in [0.4, 0.5) is 0 Å². The molecule has 0 radical (unpaired) electrons. The van der Waals surface area contributed by atoms with Gasteiger partial charge in [0.05, 0.1) is 12.2 Å². The van der Waals surface area contributed by atoms with Crippen molar-refractivity contribution in [3.05, 3.63) is 39.8 Å². The Morgan fingerprint density at radius 3 is 3.05 bits per heavy atom. The number of H-pyrrole nitrogens is 1. The lowest BCUT2D eigenvalue weighted by Crippen LogP contribution is -2.19. The Kier molecular flexibility index (Phi) is 3.46. The fourth-order valence-electron chi connectivity index (χ4n) is 2.51. The van der Waals surface area contributed by atoms with Gasteiger partial charge in [-0.2, -0.15) is 0 Å². The zero-order valence-electron chi connectivity index (χ0n) is 11.3. The second kappa shape index (κ2) is 5.10. The van der Waals surface area contributed by atoms with Crippen LogP contribution >= 0.6 is 15.9 Å². The third-order valence-electron chi connectivity index (χ3n) is 3.36. The number of nitrogens with one attached hydrogen (secondary N) is 2. The minimum Gasteiger partial charge on any atom is -0.344 e. The topological polar surface area (TPSA) is 40.7 Å². The summed E-state index contributed by atoms with van der Waals surface area (Å²) in [5.41, 5.74) is 4.99. The van der Waals surface area contributed by atoms with E-state index < -0.39 is 0 Å². The van der Waals surface area contributed by atoms with Crippen LogP contribution in [0.3, 0.4) is 0 Å². The van der Waals surface area contributed by atoms with E-state index in [4.69, 9.17) is 4.98 Å². The third kappa shape index (κ3) is 2.60. The van der Waals surface area contributed by atoms with Crippen molar-refractivity contribution in [2.75, 3.05) is 6.54 Å². The lowest BCUT2D eigenvalue weighted by molar-refractivity contribution is 0.544. The Hall–Kier alpha value is -1.13. The van der Waals surface area contributed by atoms with E-state index in [1.807, 2.05) is 0 Å². The van der Waals surface area contributed by atoms with Crippen molar-refractivity contribution in [3.63, 3.8) is 0 Å². The fourth-order valence-corrected chi connectivity index (χ4v) is 2.92. The number of hydrogen-bond donors (Lipinski definition) is 2.